The van der Waals surface area contributed by atoms with Crippen molar-refractivity contribution < 1.29 is 13.7 Å². The normalized spacial score (nSPS) is 10.2. The molecule has 3 rings (SSSR count). The lowest BCUT2D eigenvalue weighted by molar-refractivity contribution is 0.256. The van der Waals surface area contributed by atoms with Gasteiger partial charge in [0.2, 0.25) is 0 Å². The lowest BCUT2D eigenvalue weighted by atomic mass is 10.2. The number of nitrogens with zero attached hydrogens (tertiary/aromatic N) is 3. The third-order valence-electron chi connectivity index (χ3n) is 3.35. The van der Waals surface area contributed by atoms with Crippen LogP contribution in [0.3, 0.4) is 0 Å². The number of aryl methyl sites for hydroxylation is 1. The maximum Gasteiger partial charge on any atom is 0.326 e. The molecule has 0 fully saturated rings. The van der Waals surface area contributed by atoms with Crippen molar-refractivity contribution in [2.45, 2.75) is 13.5 Å². The zero-order valence-electron chi connectivity index (χ0n) is 12.9. The lowest BCUT2D eigenvalue weighted by Gasteiger charge is -2.20. The van der Waals surface area contributed by atoms with Crippen LogP contribution in [0.5, 0.6) is 0 Å². The van der Waals surface area contributed by atoms with Gasteiger partial charge in [0, 0.05) is 5.69 Å². The molecule has 2 aromatic heterocycles. The average molecular weight is 322 g/mol. The van der Waals surface area contributed by atoms with Crippen LogP contribution in [0, 0.1) is 18.3 Å². The number of rotatable bonds is 4. The minimum atomic E-state index is -0.364. The molecule has 0 spiro atoms. The highest BCUT2D eigenvalue weighted by molar-refractivity contribution is 6.01. The Bertz CT molecular complexity index is 860. The summed E-state index contributed by atoms with van der Waals surface area (Å²) in [5.74, 6) is 1.41. The Balaban J connectivity index is 1.79. The first-order valence-corrected chi connectivity index (χ1v) is 7.19. The fourth-order valence-corrected chi connectivity index (χ4v) is 2.16. The molecule has 0 aliphatic heterocycles. The number of carbonyl (C=O) groups is 1. The number of benzene rings is 1. The van der Waals surface area contributed by atoms with Gasteiger partial charge < -0.3 is 14.3 Å². The van der Waals surface area contributed by atoms with Crippen LogP contribution in [0.4, 0.5) is 16.2 Å². The predicted molar refractivity (Wildman–Crippen MR) is 86.3 cm³/mol. The van der Waals surface area contributed by atoms with E-state index in [2.05, 4.69) is 10.5 Å². The SMILES string of the molecule is Cc1ccc(CN(C(=O)Nc2ccc(C#N)cc2)c2cnoc2)o1. The van der Waals surface area contributed by atoms with Crippen molar-refractivity contribution in [1.82, 2.24) is 5.16 Å². The second-order valence-corrected chi connectivity index (χ2v) is 5.10. The zero-order valence-corrected chi connectivity index (χ0v) is 12.9. The number of anilines is 2. The summed E-state index contributed by atoms with van der Waals surface area (Å²) in [6, 6.07) is 11.9. The molecule has 3 aromatic rings. The van der Waals surface area contributed by atoms with Crippen LogP contribution in [0.1, 0.15) is 17.1 Å². The van der Waals surface area contributed by atoms with Crippen LogP contribution in [0.15, 0.2) is 57.8 Å². The Morgan fingerprint density at radius 2 is 2.08 bits per heavy atom. The highest BCUT2D eigenvalue weighted by Gasteiger charge is 2.19. The molecule has 120 valence electrons. The monoisotopic (exact) mass is 322 g/mol. The van der Waals surface area contributed by atoms with Gasteiger partial charge in [0.25, 0.3) is 0 Å². The first kappa shape index (κ1) is 15.4. The maximum atomic E-state index is 12.6. The van der Waals surface area contributed by atoms with E-state index in [4.69, 9.17) is 14.2 Å². The Kier molecular flexibility index (Phi) is 4.29. The summed E-state index contributed by atoms with van der Waals surface area (Å²) in [6.07, 6.45) is 2.84. The Morgan fingerprint density at radius 3 is 2.67 bits per heavy atom. The van der Waals surface area contributed by atoms with Crippen LogP contribution < -0.4 is 10.2 Å². The summed E-state index contributed by atoms with van der Waals surface area (Å²) in [5.41, 5.74) is 1.61. The maximum absolute atomic E-state index is 12.6. The summed E-state index contributed by atoms with van der Waals surface area (Å²) in [6.45, 7) is 2.07. The number of urea groups is 1. The van der Waals surface area contributed by atoms with Crippen molar-refractivity contribution >= 4 is 17.4 Å². The van der Waals surface area contributed by atoms with E-state index in [9.17, 15) is 4.79 Å². The summed E-state index contributed by atoms with van der Waals surface area (Å²) in [7, 11) is 0. The fourth-order valence-electron chi connectivity index (χ4n) is 2.16. The molecular weight excluding hydrogens is 308 g/mol. The smallest absolute Gasteiger partial charge is 0.326 e. The molecule has 7 heteroatoms. The summed E-state index contributed by atoms with van der Waals surface area (Å²) in [5, 5.41) is 15.2. The fraction of sp³-hybridized carbons (Fsp3) is 0.118. The minimum absolute atomic E-state index is 0.233. The van der Waals surface area contributed by atoms with Crippen molar-refractivity contribution in [3.8, 4) is 6.07 Å². The molecule has 7 nitrogen and oxygen atoms in total. The van der Waals surface area contributed by atoms with E-state index in [0.717, 1.165) is 5.76 Å². The van der Waals surface area contributed by atoms with E-state index in [1.54, 1.807) is 24.3 Å². The standard InChI is InChI=1S/C17H14N4O3/c1-12-2-7-16(24-12)10-21(15-9-19-23-11-15)17(22)20-14-5-3-13(8-18)4-6-14/h2-7,9,11H,10H2,1H3,(H,20,22). The van der Waals surface area contributed by atoms with Gasteiger partial charge in [-0.1, -0.05) is 5.16 Å². The molecule has 0 saturated carbocycles. The van der Waals surface area contributed by atoms with E-state index in [-0.39, 0.29) is 12.6 Å². The molecule has 2 amide bonds. The Hall–Kier alpha value is -3.53. The topological polar surface area (TPSA) is 95.3 Å². The van der Waals surface area contributed by atoms with Gasteiger partial charge in [0.1, 0.15) is 23.5 Å². The second-order valence-electron chi connectivity index (χ2n) is 5.10. The van der Waals surface area contributed by atoms with Gasteiger partial charge in [0.15, 0.2) is 0 Å². The number of hydrogen-bond acceptors (Lipinski definition) is 5. The van der Waals surface area contributed by atoms with Crippen molar-refractivity contribution in [2.75, 3.05) is 10.2 Å². The zero-order chi connectivity index (χ0) is 16.9. The first-order chi connectivity index (χ1) is 11.7. The Morgan fingerprint density at radius 1 is 1.29 bits per heavy atom. The molecule has 0 aliphatic rings. The lowest BCUT2D eigenvalue weighted by Crippen LogP contribution is -2.34. The average Bonchev–Trinajstić information content (AvgIpc) is 3.25. The molecule has 0 aliphatic carbocycles. The second kappa shape index (κ2) is 6.71. The number of amides is 2. The third-order valence-corrected chi connectivity index (χ3v) is 3.35. The summed E-state index contributed by atoms with van der Waals surface area (Å²) < 4.78 is 10.4. The highest BCUT2D eigenvalue weighted by Crippen LogP contribution is 2.20. The van der Waals surface area contributed by atoms with Gasteiger partial charge in [0.05, 0.1) is 24.4 Å². The quantitative estimate of drug-likeness (QED) is 0.790. The number of nitrogens with one attached hydrogen (secondary N) is 1. The van der Waals surface area contributed by atoms with Crippen molar-refractivity contribution in [1.29, 1.82) is 5.26 Å². The van der Waals surface area contributed by atoms with Crippen LogP contribution in [-0.2, 0) is 6.54 Å². The van der Waals surface area contributed by atoms with Crippen molar-refractivity contribution in [3.63, 3.8) is 0 Å². The first-order valence-electron chi connectivity index (χ1n) is 7.19. The summed E-state index contributed by atoms with van der Waals surface area (Å²) in [4.78, 5) is 14.1. The van der Waals surface area contributed by atoms with Gasteiger partial charge in [-0.25, -0.2) is 4.79 Å². The molecule has 0 unspecified atom stereocenters. The van der Waals surface area contributed by atoms with E-state index < -0.39 is 0 Å². The number of furan rings is 1. The Labute approximate surface area is 138 Å². The largest absolute Gasteiger partial charge is 0.464 e. The van der Waals surface area contributed by atoms with Gasteiger partial charge in [-0.2, -0.15) is 5.26 Å². The number of hydrogen-bond donors (Lipinski definition) is 1. The van der Waals surface area contributed by atoms with Crippen molar-refractivity contribution in [2.24, 2.45) is 0 Å². The van der Waals surface area contributed by atoms with E-state index in [1.807, 2.05) is 25.1 Å². The van der Waals surface area contributed by atoms with Gasteiger partial charge in [-0.05, 0) is 43.3 Å². The van der Waals surface area contributed by atoms with Gasteiger partial charge in [-0.3, -0.25) is 4.90 Å². The molecule has 0 radical (unpaired) electrons. The molecule has 1 aromatic carbocycles. The molecule has 0 saturated heterocycles. The van der Waals surface area contributed by atoms with E-state index >= 15 is 0 Å². The van der Waals surface area contributed by atoms with Crippen molar-refractivity contribution in [3.05, 3.63) is 65.9 Å². The number of aromatic nitrogens is 1. The van der Waals surface area contributed by atoms with Gasteiger partial charge in [-0.15, -0.1) is 0 Å². The van der Waals surface area contributed by atoms with E-state index in [0.29, 0.717) is 22.7 Å². The number of carbonyl (C=O) groups excluding carboxylic acids is 1. The molecule has 0 atom stereocenters. The third kappa shape index (κ3) is 3.44. The predicted octanol–water partition coefficient (Wildman–Crippen LogP) is 3.69. The molecule has 24 heavy (non-hydrogen) atoms. The molecular formula is C17H14N4O3. The molecule has 2 heterocycles. The number of nitriles is 1. The van der Waals surface area contributed by atoms with Crippen LogP contribution >= 0.6 is 0 Å². The van der Waals surface area contributed by atoms with Gasteiger partial charge >= 0.3 is 6.03 Å². The van der Waals surface area contributed by atoms with Crippen LogP contribution in [-0.4, -0.2) is 11.2 Å². The summed E-state index contributed by atoms with van der Waals surface area (Å²) >= 11 is 0. The molecule has 1 N–H and O–H groups in total. The van der Waals surface area contributed by atoms with E-state index in [1.165, 1.54) is 17.4 Å². The highest BCUT2D eigenvalue weighted by atomic mass is 16.5. The van der Waals surface area contributed by atoms with Crippen LogP contribution in [0.25, 0.3) is 0 Å². The minimum Gasteiger partial charge on any atom is -0.464 e. The molecule has 0 bridgehead atoms. The van der Waals surface area contributed by atoms with Crippen LogP contribution in [0.2, 0.25) is 0 Å².